The van der Waals surface area contributed by atoms with Crippen LogP contribution in [0.15, 0.2) is 42.5 Å². The Labute approximate surface area is 280 Å². The second kappa shape index (κ2) is 14.3. The molecule has 0 saturated carbocycles. The molecule has 1 heterocycles. The second-order valence-corrected chi connectivity index (χ2v) is 13.6. The van der Waals surface area contributed by atoms with Crippen molar-refractivity contribution in [3.8, 4) is 0 Å². The van der Waals surface area contributed by atoms with Crippen LogP contribution in [0.3, 0.4) is 0 Å². The van der Waals surface area contributed by atoms with E-state index in [2.05, 4.69) is 45.9 Å². The van der Waals surface area contributed by atoms with E-state index in [0.717, 1.165) is 57.4 Å². The third kappa shape index (κ3) is 8.13. The zero-order chi connectivity index (χ0) is 35.6. The van der Waals surface area contributed by atoms with Gasteiger partial charge in [-0.2, -0.15) is 0 Å². The van der Waals surface area contributed by atoms with Crippen LogP contribution in [-0.4, -0.2) is 67.7 Å². The van der Waals surface area contributed by atoms with Crippen LogP contribution in [0.1, 0.15) is 101 Å². The van der Waals surface area contributed by atoms with Gasteiger partial charge in [-0.1, -0.05) is 64.1 Å². The maximum Gasteiger partial charge on any atom is 0.340 e. The highest BCUT2D eigenvalue weighted by Gasteiger charge is 2.56. The summed E-state index contributed by atoms with van der Waals surface area (Å²) in [5, 5.41) is 0. The molecule has 0 aromatic heterocycles. The van der Waals surface area contributed by atoms with Crippen molar-refractivity contribution >= 4 is 41.5 Å². The van der Waals surface area contributed by atoms with Gasteiger partial charge in [0, 0.05) is 20.8 Å². The van der Waals surface area contributed by atoms with Crippen LogP contribution in [0.25, 0.3) is 11.6 Å². The van der Waals surface area contributed by atoms with E-state index < -0.39 is 60.6 Å². The predicted octanol–water partition coefficient (Wildman–Crippen LogP) is 5.45. The van der Waals surface area contributed by atoms with E-state index in [1.807, 2.05) is 13.0 Å². The first kappa shape index (κ1) is 36.3. The van der Waals surface area contributed by atoms with Gasteiger partial charge in [0.05, 0.1) is 12.7 Å². The number of ether oxygens (including phenoxy) is 6. The lowest BCUT2D eigenvalue weighted by Gasteiger charge is -2.42. The third-order valence-electron chi connectivity index (χ3n) is 8.90. The van der Waals surface area contributed by atoms with E-state index in [1.54, 1.807) is 24.3 Å². The van der Waals surface area contributed by atoms with Crippen molar-refractivity contribution in [2.24, 2.45) is 0 Å². The quantitative estimate of drug-likeness (QED) is 0.202. The molecular weight excluding hydrogens is 620 g/mol. The summed E-state index contributed by atoms with van der Waals surface area (Å²) >= 11 is 0. The van der Waals surface area contributed by atoms with Crippen LogP contribution in [0, 0.1) is 0 Å². The fourth-order valence-corrected chi connectivity index (χ4v) is 6.23. The fourth-order valence-electron chi connectivity index (χ4n) is 6.23. The van der Waals surface area contributed by atoms with Crippen molar-refractivity contribution in [1.29, 1.82) is 0 Å². The highest BCUT2D eigenvalue weighted by molar-refractivity contribution is 5.90. The molecule has 0 unspecified atom stereocenters. The Morgan fingerprint density at radius 3 is 1.77 bits per heavy atom. The lowest BCUT2D eigenvalue weighted by atomic mass is 9.63. The third-order valence-corrected chi connectivity index (χ3v) is 8.90. The van der Waals surface area contributed by atoms with E-state index in [9.17, 15) is 24.0 Å². The number of hydrogen-bond acceptors (Lipinski definition) is 11. The highest BCUT2D eigenvalue weighted by atomic mass is 16.7. The average Bonchev–Trinajstić information content (AvgIpc) is 3.01. The molecule has 1 aliphatic heterocycles. The molecule has 0 radical (unpaired) electrons. The van der Waals surface area contributed by atoms with Crippen molar-refractivity contribution in [2.75, 3.05) is 7.11 Å². The maximum absolute atomic E-state index is 13.3. The standard InChI is InChI=1S/C37H44O11/c1-20(26-14-15-27-28(19-26)37(7,8)17-16-36(27,5)6)18-24-10-12-25(13-11-24)33(41)48-35-32(46-23(4)40)30(45-22(3)39)29(44-21(2)38)31(47-35)34(42)43-9/h10-15,18-19,29-32,35H,16-17H2,1-9H3/b20-18+/t29-,30-,31-,32+,35-/m0/s1. The molecule has 2 aliphatic rings. The molecule has 5 atom stereocenters. The molecule has 48 heavy (non-hydrogen) atoms. The largest absolute Gasteiger partial charge is 0.467 e. The minimum absolute atomic E-state index is 0.0795. The number of allylic oxidation sites excluding steroid dienone is 1. The number of rotatable bonds is 8. The van der Waals surface area contributed by atoms with Crippen molar-refractivity contribution in [1.82, 2.24) is 0 Å². The van der Waals surface area contributed by atoms with E-state index in [0.29, 0.717) is 0 Å². The molecule has 0 amide bonds. The number of methoxy groups -OCH3 is 1. The molecule has 2 aromatic rings. The van der Waals surface area contributed by atoms with Gasteiger partial charge in [0.15, 0.2) is 18.3 Å². The van der Waals surface area contributed by atoms with Crippen LogP contribution >= 0.6 is 0 Å². The normalized spacial score (nSPS) is 24.4. The Bertz CT molecular complexity index is 1600. The lowest BCUT2D eigenvalue weighted by molar-refractivity contribution is -0.288. The van der Waals surface area contributed by atoms with Gasteiger partial charge in [0.1, 0.15) is 0 Å². The molecule has 1 aliphatic carbocycles. The number of hydrogen-bond donors (Lipinski definition) is 0. The number of fused-ring (bicyclic) bond motifs is 1. The number of esters is 5. The molecule has 0 spiro atoms. The van der Waals surface area contributed by atoms with Gasteiger partial charge >= 0.3 is 29.8 Å². The van der Waals surface area contributed by atoms with Crippen LogP contribution in [-0.2, 0) is 58.4 Å². The van der Waals surface area contributed by atoms with Crippen LogP contribution in [0.4, 0.5) is 0 Å². The summed E-state index contributed by atoms with van der Waals surface area (Å²) in [6.07, 6.45) is -3.85. The summed E-state index contributed by atoms with van der Waals surface area (Å²) in [7, 11) is 1.07. The fraction of sp³-hybridized carbons (Fsp3) is 0.486. The van der Waals surface area contributed by atoms with Gasteiger partial charge in [0.2, 0.25) is 12.4 Å². The molecule has 1 saturated heterocycles. The SMILES string of the molecule is COC(=O)[C@H]1O[C@@H](OC(=O)c2ccc(/C=C(\C)c3ccc4c(c3)C(C)(C)CCC4(C)C)cc2)[C@H](OC(C)=O)[C@@H](OC(C)=O)[C@@H]1OC(C)=O. The van der Waals surface area contributed by atoms with Gasteiger partial charge in [0.25, 0.3) is 0 Å². The Morgan fingerprint density at radius 2 is 1.21 bits per heavy atom. The first-order valence-corrected chi connectivity index (χ1v) is 15.8. The summed E-state index contributed by atoms with van der Waals surface area (Å²) in [6.45, 7) is 14.4. The van der Waals surface area contributed by atoms with Gasteiger partial charge in [-0.05, 0) is 70.6 Å². The van der Waals surface area contributed by atoms with Crippen molar-refractivity contribution < 1.29 is 52.4 Å². The predicted molar refractivity (Wildman–Crippen MR) is 174 cm³/mol. The topological polar surface area (TPSA) is 141 Å². The van der Waals surface area contributed by atoms with Gasteiger partial charge in [-0.25, -0.2) is 9.59 Å². The van der Waals surface area contributed by atoms with Crippen LogP contribution in [0.2, 0.25) is 0 Å². The van der Waals surface area contributed by atoms with E-state index in [-0.39, 0.29) is 16.4 Å². The van der Waals surface area contributed by atoms with Crippen LogP contribution < -0.4 is 0 Å². The van der Waals surface area contributed by atoms with Gasteiger partial charge in [-0.15, -0.1) is 0 Å². The monoisotopic (exact) mass is 664 g/mol. The highest BCUT2D eigenvalue weighted by Crippen LogP contribution is 2.46. The zero-order valence-electron chi connectivity index (χ0n) is 28.9. The summed E-state index contributed by atoms with van der Waals surface area (Å²) in [4.78, 5) is 61.9. The summed E-state index contributed by atoms with van der Waals surface area (Å²) in [5.41, 5.74) is 6.10. The van der Waals surface area contributed by atoms with E-state index in [4.69, 9.17) is 28.4 Å². The Kier molecular flexibility index (Phi) is 10.8. The lowest BCUT2D eigenvalue weighted by Crippen LogP contribution is -2.64. The minimum atomic E-state index is -1.73. The molecule has 2 aromatic carbocycles. The smallest absolute Gasteiger partial charge is 0.340 e. The average molecular weight is 665 g/mol. The van der Waals surface area contributed by atoms with Gasteiger partial charge in [-0.3, -0.25) is 14.4 Å². The zero-order valence-corrected chi connectivity index (χ0v) is 28.9. The van der Waals surface area contributed by atoms with Crippen LogP contribution in [0.5, 0.6) is 0 Å². The minimum Gasteiger partial charge on any atom is -0.467 e. The maximum atomic E-state index is 13.3. The van der Waals surface area contributed by atoms with E-state index >= 15 is 0 Å². The molecular formula is C37H44O11. The number of carbonyl (C=O) groups excluding carboxylic acids is 5. The molecule has 0 N–H and O–H groups in total. The Morgan fingerprint density at radius 1 is 0.688 bits per heavy atom. The number of benzene rings is 2. The molecule has 0 bridgehead atoms. The molecule has 11 heteroatoms. The Balaban J connectivity index is 1.58. The summed E-state index contributed by atoms with van der Waals surface area (Å²) < 4.78 is 31.9. The van der Waals surface area contributed by atoms with Gasteiger partial charge < -0.3 is 28.4 Å². The summed E-state index contributed by atoms with van der Waals surface area (Å²) in [5.74, 6) is -4.39. The first-order valence-electron chi connectivity index (χ1n) is 15.8. The first-order chi connectivity index (χ1) is 22.4. The van der Waals surface area contributed by atoms with Crippen molar-refractivity contribution in [2.45, 2.75) is 110 Å². The van der Waals surface area contributed by atoms with Crippen molar-refractivity contribution in [3.05, 3.63) is 70.3 Å². The van der Waals surface area contributed by atoms with E-state index in [1.165, 1.54) is 11.1 Å². The molecule has 258 valence electrons. The number of carbonyl (C=O) groups is 5. The molecule has 11 nitrogen and oxygen atoms in total. The second-order valence-electron chi connectivity index (χ2n) is 13.6. The van der Waals surface area contributed by atoms with Crippen molar-refractivity contribution in [3.63, 3.8) is 0 Å². The molecule has 1 fully saturated rings. The summed E-state index contributed by atoms with van der Waals surface area (Å²) in [6, 6.07) is 13.3. The Hall–Kier alpha value is -4.51. The molecule has 4 rings (SSSR count).